The van der Waals surface area contributed by atoms with E-state index in [9.17, 15) is 9.59 Å². The summed E-state index contributed by atoms with van der Waals surface area (Å²) in [6.45, 7) is 4.37. The molecule has 1 aromatic carbocycles. The van der Waals surface area contributed by atoms with Gasteiger partial charge in [0.1, 0.15) is 0 Å². The van der Waals surface area contributed by atoms with Gasteiger partial charge in [0.25, 0.3) is 0 Å². The maximum atomic E-state index is 12.7. The third-order valence-corrected chi connectivity index (χ3v) is 4.78. The zero-order chi connectivity index (χ0) is 18.2. The van der Waals surface area contributed by atoms with Crippen molar-refractivity contribution in [3.05, 3.63) is 35.9 Å². The lowest BCUT2D eigenvalue weighted by Crippen LogP contribution is -2.49. The number of nitrogens with zero attached hydrogens (tertiary/aromatic N) is 3. The molecule has 1 aromatic rings. The molecule has 0 saturated carbocycles. The number of benzene rings is 1. The Morgan fingerprint density at radius 2 is 1.88 bits per heavy atom. The molecular weight excluding hydrogens is 314 g/mol. The molecule has 1 saturated heterocycles. The third kappa shape index (κ3) is 6.16. The van der Waals surface area contributed by atoms with Gasteiger partial charge >= 0.3 is 0 Å². The van der Waals surface area contributed by atoms with Crippen LogP contribution in [0.1, 0.15) is 38.2 Å². The quantitative estimate of drug-likeness (QED) is 0.762. The number of rotatable bonds is 7. The molecular formula is C20H31N3O2. The minimum atomic E-state index is 0.0140. The molecule has 2 rings (SSSR count). The number of likely N-dealkylation sites (N-methyl/N-ethyl adjacent to an activating group) is 1. The second kappa shape index (κ2) is 9.56. The van der Waals surface area contributed by atoms with Crippen LogP contribution in [0.15, 0.2) is 30.3 Å². The van der Waals surface area contributed by atoms with E-state index in [1.54, 1.807) is 11.8 Å². The molecule has 1 aliphatic rings. The summed E-state index contributed by atoms with van der Waals surface area (Å²) < 4.78 is 0. The van der Waals surface area contributed by atoms with Gasteiger partial charge in [-0.05, 0) is 38.9 Å². The Hall–Kier alpha value is -1.88. The van der Waals surface area contributed by atoms with E-state index in [1.807, 2.05) is 35.2 Å². The Morgan fingerprint density at radius 1 is 1.16 bits per heavy atom. The maximum absolute atomic E-state index is 12.7. The first-order valence-electron chi connectivity index (χ1n) is 9.21. The van der Waals surface area contributed by atoms with Crippen molar-refractivity contribution in [1.82, 2.24) is 14.7 Å². The number of hydrogen-bond acceptors (Lipinski definition) is 3. The minimum absolute atomic E-state index is 0.0140. The molecule has 0 aliphatic carbocycles. The Morgan fingerprint density at radius 3 is 2.52 bits per heavy atom. The van der Waals surface area contributed by atoms with Crippen molar-refractivity contribution in [3.8, 4) is 0 Å². The molecule has 5 heteroatoms. The van der Waals surface area contributed by atoms with Gasteiger partial charge in [0.15, 0.2) is 0 Å². The summed E-state index contributed by atoms with van der Waals surface area (Å²) in [4.78, 5) is 30.6. The predicted molar refractivity (Wildman–Crippen MR) is 100 cm³/mol. The van der Waals surface area contributed by atoms with Gasteiger partial charge < -0.3 is 14.7 Å². The first kappa shape index (κ1) is 19.4. The molecule has 0 bridgehead atoms. The molecule has 1 fully saturated rings. The van der Waals surface area contributed by atoms with Gasteiger partial charge in [-0.3, -0.25) is 9.59 Å². The van der Waals surface area contributed by atoms with Crippen LogP contribution < -0.4 is 0 Å². The fraction of sp³-hybridized carbons (Fsp3) is 0.600. The van der Waals surface area contributed by atoms with E-state index >= 15 is 0 Å². The topological polar surface area (TPSA) is 43.9 Å². The van der Waals surface area contributed by atoms with Crippen molar-refractivity contribution in [2.24, 2.45) is 0 Å². The highest BCUT2D eigenvalue weighted by Gasteiger charge is 2.27. The summed E-state index contributed by atoms with van der Waals surface area (Å²) in [6, 6.07) is 10.2. The zero-order valence-electron chi connectivity index (χ0n) is 15.8. The zero-order valence-corrected chi connectivity index (χ0v) is 15.8. The lowest BCUT2D eigenvalue weighted by Gasteiger charge is -2.37. The van der Waals surface area contributed by atoms with E-state index in [2.05, 4.69) is 19.0 Å². The summed E-state index contributed by atoms with van der Waals surface area (Å²) in [5.74, 6) is 0.186. The molecule has 0 unspecified atom stereocenters. The van der Waals surface area contributed by atoms with E-state index in [0.29, 0.717) is 25.6 Å². The van der Waals surface area contributed by atoms with E-state index in [-0.39, 0.29) is 11.8 Å². The highest BCUT2D eigenvalue weighted by molar-refractivity contribution is 5.78. The number of amides is 2. The van der Waals surface area contributed by atoms with Gasteiger partial charge in [0.2, 0.25) is 11.8 Å². The van der Waals surface area contributed by atoms with Crippen molar-refractivity contribution in [3.63, 3.8) is 0 Å². The monoisotopic (exact) mass is 345 g/mol. The van der Waals surface area contributed by atoms with Gasteiger partial charge in [-0.15, -0.1) is 0 Å². The van der Waals surface area contributed by atoms with Crippen molar-refractivity contribution >= 4 is 11.8 Å². The fourth-order valence-corrected chi connectivity index (χ4v) is 3.47. The number of piperidine rings is 1. The van der Waals surface area contributed by atoms with Crippen LogP contribution in [0.25, 0.3) is 0 Å². The van der Waals surface area contributed by atoms with Crippen LogP contribution in [0.5, 0.6) is 0 Å². The summed E-state index contributed by atoms with van der Waals surface area (Å²) in [7, 11) is 4.10. The largest absolute Gasteiger partial charge is 0.338 e. The van der Waals surface area contributed by atoms with E-state index in [0.717, 1.165) is 31.5 Å². The van der Waals surface area contributed by atoms with E-state index in [1.165, 1.54) is 6.42 Å². The van der Waals surface area contributed by atoms with Crippen molar-refractivity contribution in [2.75, 3.05) is 33.7 Å². The van der Waals surface area contributed by atoms with Crippen LogP contribution in [0, 0.1) is 0 Å². The highest BCUT2D eigenvalue weighted by Crippen LogP contribution is 2.19. The standard InChI is InChI=1S/C20H31N3O2/c1-17(24)22(15-18-9-5-4-6-10-18)14-12-20(25)23-13-8-7-11-19(23)16-21(2)3/h4-6,9-10,19H,7-8,11-16H2,1-3H3/t19-/m0/s1. The predicted octanol–water partition coefficient (Wildman–Crippen LogP) is 2.37. The first-order chi connectivity index (χ1) is 12.0. The van der Waals surface area contributed by atoms with Crippen LogP contribution in [0.4, 0.5) is 0 Å². The second-order valence-electron chi connectivity index (χ2n) is 7.18. The Bertz CT molecular complexity index is 559. The smallest absolute Gasteiger partial charge is 0.224 e. The van der Waals surface area contributed by atoms with Crippen molar-refractivity contribution in [1.29, 1.82) is 0 Å². The molecule has 0 radical (unpaired) electrons. The van der Waals surface area contributed by atoms with Crippen LogP contribution in [-0.2, 0) is 16.1 Å². The lowest BCUT2D eigenvalue weighted by atomic mass is 10.0. The average Bonchev–Trinajstić information content (AvgIpc) is 2.59. The molecule has 138 valence electrons. The van der Waals surface area contributed by atoms with Crippen molar-refractivity contribution < 1.29 is 9.59 Å². The van der Waals surface area contributed by atoms with Gasteiger partial charge in [-0.1, -0.05) is 30.3 Å². The van der Waals surface area contributed by atoms with Gasteiger partial charge in [-0.25, -0.2) is 0 Å². The average molecular weight is 345 g/mol. The molecule has 1 heterocycles. The normalized spacial score (nSPS) is 17.6. The molecule has 0 aromatic heterocycles. The van der Waals surface area contributed by atoms with E-state index in [4.69, 9.17) is 0 Å². The SMILES string of the molecule is CC(=O)N(CCC(=O)N1CCCC[C@H]1CN(C)C)Cc1ccccc1. The van der Waals surface area contributed by atoms with Crippen LogP contribution in [-0.4, -0.2) is 66.3 Å². The lowest BCUT2D eigenvalue weighted by molar-refractivity contribution is -0.136. The summed E-state index contributed by atoms with van der Waals surface area (Å²) in [5, 5.41) is 0. The molecule has 1 aliphatic heterocycles. The molecule has 0 spiro atoms. The van der Waals surface area contributed by atoms with Crippen molar-refractivity contribution in [2.45, 2.75) is 45.2 Å². The van der Waals surface area contributed by atoms with Crippen LogP contribution in [0.2, 0.25) is 0 Å². The first-order valence-corrected chi connectivity index (χ1v) is 9.21. The molecule has 1 atom stereocenters. The van der Waals surface area contributed by atoms with E-state index < -0.39 is 0 Å². The molecule has 0 N–H and O–H groups in total. The fourth-order valence-electron chi connectivity index (χ4n) is 3.47. The molecule has 25 heavy (non-hydrogen) atoms. The second-order valence-corrected chi connectivity index (χ2v) is 7.18. The van der Waals surface area contributed by atoms with Gasteiger partial charge in [0, 0.05) is 45.6 Å². The minimum Gasteiger partial charge on any atom is -0.338 e. The van der Waals surface area contributed by atoms with Crippen LogP contribution >= 0.6 is 0 Å². The Balaban J connectivity index is 1.92. The summed E-state index contributed by atoms with van der Waals surface area (Å²) in [5.41, 5.74) is 1.09. The Kier molecular flexibility index (Phi) is 7.44. The molecule has 5 nitrogen and oxygen atoms in total. The summed E-state index contributed by atoms with van der Waals surface area (Å²) in [6.07, 6.45) is 3.74. The third-order valence-electron chi connectivity index (χ3n) is 4.78. The van der Waals surface area contributed by atoms with Gasteiger partial charge in [-0.2, -0.15) is 0 Å². The Labute approximate surface area is 151 Å². The molecule has 2 amide bonds. The number of likely N-dealkylation sites (tertiary alicyclic amines) is 1. The maximum Gasteiger partial charge on any atom is 0.224 e. The highest BCUT2D eigenvalue weighted by atomic mass is 16.2. The van der Waals surface area contributed by atoms with Crippen LogP contribution in [0.3, 0.4) is 0 Å². The summed E-state index contributed by atoms with van der Waals surface area (Å²) >= 11 is 0. The number of hydrogen-bond donors (Lipinski definition) is 0. The van der Waals surface area contributed by atoms with Gasteiger partial charge in [0.05, 0.1) is 0 Å². The number of carbonyl (C=O) groups is 2. The number of carbonyl (C=O) groups excluding carboxylic acids is 2.